The minimum absolute atomic E-state index is 0.0258. The van der Waals surface area contributed by atoms with Crippen LogP contribution in [0.15, 0.2) is 23.2 Å². The van der Waals surface area contributed by atoms with Gasteiger partial charge in [-0.25, -0.2) is 18.0 Å². The minimum atomic E-state index is -1.71. The number of nitrogens with zero attached hydrogens (tertiary/aromatic N) is 1. The average molecular weight is 374 g/mol. The molecule has 1 aromatic carbocycles. The fraction of sp³-hybridized carbons (Fsp3) is 0.267. The van der Waals surface area contributed by atoms with Crippen molar-refractivity contribution in [3.8, 4) is 0 Å². The van der Waals surface area contributed by atoms with Gasteiger partial charge in [-0.2, -0.15) is 0 Å². The Morgan fingerprint density at radius 2 is 2.04 bits per heavy atom. The van der Waals surface area contributed by atoms with Crippen LogP contribution in [0, 0.1) is 17.5 Å². The van der Waals surface area contributed by atoms with Crippen LogP contribution >= 0.6 is 11.8 Å². The number of nitrogens with one attached hydrogen (secondary N) is 1. The van der Waals surface area contributed by atoms with Gasteiger partial charge in [0.05, 0.1) is 29.2 Å². The predicted octanol–water partition coefficient (Wildman–Crippen LogP) is 2.02. The van der Waals surface area contributed by atoms with E-state index in [0.29, 0.717) is 6.07 Å². The fourth-order valence-electron chi connectivity index (χ4n) is 1.94. The van der Waals surface area contributed by atoms with E-state index in [-0.39, 0.29) is 17.4 Å². The lowest BCUT2D eigenvalue weighted by Gasteiger charge is -2.16. The number of esters is 1. The summed E-state index contributed by atoms with van der Waals surface area (Å²) in [5.41, 5.74) is -0.556. The van der Waals surface area contributed by atoms with Crippen molar-refractivity contribution < 1.29 is 32.3 Å². The van der Waals surface area contributed by atoms with E-state index in [2.05, 4.69) is 5.32 Å². The zero-order chi connectivity index (χ0) is 18.6. The molecule has 6 nitrogen and oxygen atoms in total. The molecular weight excluding hydrogens is 361 g/mol. The number of hydrogen-bond donors (Lipinski definition) is 1. The second-order valence-electron chi connectivity index (χ2n) is 4.77. The number of rotatable bonds is 5. The molecule has 0 saturated carbocycles. The molecule has 1 N–H and O–H groups in total. The molecule has 0 spiro atoms. The molecule has 1 aliphatic heterocycles. The molecule has 0 bridgehead atoms. The van der Waals surface area contributed by atoms with Gasteiger partial charge in [0.1, 0.15) is 6.54 Å². The van der Waals surface area contributed by atoms with E-state index in [4.69, 9.17) is 4.74 Å². The van der Waals surface area contributed by atoms with Crippen molar-refractivity contribution in [2.75, 3.05) is 24.2 Å². The maximum Gasteiger partial charge on any atom is 0.333 e. The van der Waals surface area contributed by atoms with Crippen molar-refractivity contribution in [1.29, 1.82) is 0 Å². The highest BCUT2D eigenvalue weighted by Gasteiger charge is 2.29. The Labute approximate surface area is 145 Å². The van der Waals surface area contributed by atoms with Gasteiger partial charge >= 0.3 is 5.97 Å². The van der Waals surface area contributed by atoms with Crippen LogP contribution < -0.4 is 5.32 Å². The van der Waals surface area contributed by atoms with E-state index in [1.807, 2.05) is 0 Å². The number of benzene rings is 1. The molecule has 10 heteroatoms. The summed E-state index contributed by atoms with van der Waals surface area (Å²) in [4.78, 5) is 36.3. The molecule has 0 aliphatic carbocycles. The van der Waals surface area contributed by atoms with E-state index in [1.54, 1.807) is 6.92 Å². The van der Waals surface area contributed by atoms with Crippen LogP contribution in [0.4, 0.5) is 18.9 Å². The van der Waals surface area contributed by atoms with Gasteiger partial charge in [0, 0.05) is 0 Å². The Morgan fingerprint density at radius 1 is 1.32 bits per heavy atom. The summed E-state index contributed by atoms with van der Waals surface area (Å²) in [5.74, 6) is -6.56. The molecule has 0 aromatic heterocycles. The van der Waals surface area contributed by atoms with Gasteiger partial charge in [0.2, 0.25) is 11.8 Å². The number of carbonyl (C=O) groups is 3. The number of thioether (sulfide) groups is 1. The molecule has 2 rings (SSSR count). The Hall–Kier alpha value is -2.49. The second-order valence-corrected chi connectivity index (χ2v) is 5.77. The van der Waals surface area contributed by atoms with Crippen molar-refractivity contribution in [2.24, 2.45) is 0 Å². The Bertz CT molecular complexity index is 755. The SMILES string of the molecule is CCOC(=O)/C=C1\SCC(=O)N1CC(=O)Nc1ccc(F)c(F)c1F. The van der Waals surface area contributed by atoms with Crippen LogP contribution in [0.5, 0.6) is 0 Å². The highest BCUT2D eigenvalue weighted by atomic mass is 32.2. The van der Waals surface area contributed by atoms with Gasteiger partial charge in [0.25, 0.3) is 0 Å². The predicted molar refractivity (Wildman–Crippen MR) is 83.8 cm³/mol. The lowest BCUT2D eigenvalue weighted by Crippen LogP contribution is -2.34. The molecule has 0 atom stereocenters. The molecule has 1 saturated heterocycles. The lowest BCUT2D eigenvalue weighted by atomic mass is 10.2. The van der Waals surface area contributed by atoms with E-state index in [1.165, 1.54) is 0 Å². The van der Waals surface area contributed by atoms with Crippen molar-refractivity contribution in [1.82, 2.24) is 4.90 Å². The smallest absolute Gasteiger partial charge is 0.333 e. The summed E-state index contributed by atoms with van der Waals surface area (Å²) in [6, 6.07) is 1.53. The standard InChI is InChI=1S/C15H13F3N2O4S/c1-2-24-13(23)5-12-20(11(22)7-25-12)6-10(21)19-9-4-3-8(16)14(17)15(9)18/h3-5H,2,6-7H2,1H3,(H,19,21)/b12-5-. The first-order valence-corrected chi connectivity index (χ1v) is 8.07. The van der Waals surface area contributed by atoms with E-state index in [0.717, 1.165) is 28.8 Å². The maximum absolute atomic E-state index is 13.6. The third kappa shape index (κ3) is 4.53. The summed E-state index contributed by atoms with van der Waals surface area (Å²) in [6.45, 7) is 1.25. The first kappa shape index (κ1) is 18.8. The Kier molecular flexibility index (Phi) is 6.07. The molecule has 1 aliphatic rings. The third-order valence-electron chi connectivity index (χ3n) is 3.05. The topological polar surface area (TPSA) is 75.7 Å². The molecule has 1 heterocycles. The number of anilines is 1. The molecule has 1 aromatic rings. The molecule has 134 valence electrons. The monoisotopic (exact) mass is 374 g/mol. The minimum Gasteiger partial charge on any atom is -0.463 e. The van der Waals surface area contributed by atoms with E-state index in [9.17, 15) is 27.6 Å². The number of hydrogen-bond acceptors (Lipinski definition) is 5. The summed E-state index contributed by atoms with van der Waals surface area (Å²) in [6.07, 6.45) is 1.07. The third-order valence-corrected chi connectivity index (χ3v) is 4.07. The Balaban J connectivity index is 2.09. The van der Waals surface area contributed by atoms with Crippen molar-refractivity contribution in [2.45, 2.75) is 6.92 Å². The molecule has 0 radical (unpaired) electrons. The highest BCUT2D eigenvalue weighted by Crippen LogP contribution is 2.28. The molecule has 1 fully saturated rings. The van der Waals surface area contributed by atoms with Crippen LogP contribution in [0.1, 0.15) is 6.92 Å². The lowest BCUT2D eigenvalue weighted by molar-refractivity contribution is -0.137. The maximum atomic E-state index is 13.6. The number of halogens is 3. The average Bonchev–Trinajstić information content (AvgIpc) is 2.89. The molecular formula is C15H13F3N2O4S. The van der Waals surface area contributed by atoms with E-state index >= 15 is 0 Å². The van der Waals surface area contributed by atoms with Gasteiger partial charge in [-0.1, -0.05) is 11.8 Å². The highest BCUT2D eigenvalue weighted by molar-refractivity contribution is 8.04. The summed E-state index contributed by atoms with van der Waals surface area (Å²) < 4.78 is 44.3. The van der Waals surface area contributed by atoms with Crippen LogP contribution in [-0.2, 0) is 19.1 Å². The largest absolute Gasteiger partial charge is 0.463 e. The van der Waals surface area contributed by atoms with Crippen LogP contribution in [-0.4, -0.2) is 41.6 Å². The molecule has 0 unspecified atom stereocenters. The van der Waals surface area contributed by atoms with Crippen molar-refractivity contribution >= 4 is 35.2 Å². The zero-order valence-electron chi connectivity index (χ0n) is 13.0. The quantitative estimate of drug-likeness (QED) is 0.485. The Morgan fingerprint density at radius 3 is 2.72 bits per heavy atom. The van der Waals surface area contributed by atoms with Gasteiger partial charge in [0.15, 0.2) is 17.5 Å². The number of carbonyl (C=O) groups excluding carboxylic acids is 3. The number of amides is 2. The van der Waals surface area contributed by atoms with Gasteiger partial charge in [-0.05, 0) is 19.1 Å². The number of ether oxygens (including phenoxy) is 1. The zero-order valence-corrected chi connectivity index (χ0v) is 13.8. The summed E-state index contributed by atoms with van der Waals surface area (Å²) in [5, 5.41) is 2.27. The van der Waals surface area contributed by atoms with Gasteiger partial charge < -0.3 is 10.1 Å². The van der Waals surface area contributed by atoms with Crippen LogP contribution in [0.25, 0.3) is 0 Å². The summed E-state index contributed by atoms with van der Waals surface area (Å²) >= 11 is 1.04. The van der Waals surface area contributed by atoms with E-state index < -0.39 is 47.5 Å². The molecule has 2 amide bonds. The summed E-state index contributed by atoms with van der Waals surface area (Å²) in [7, 11) is 0. The normalized spacial score (nSPS) is 15.6. The van der Waals surface area contributed by atoms with Gasteiger partial charge in [-0.15, -0.1) is 0 Å². The molecule has 25 heavy (non-hydrogen) atoms. The van der Waals surface area contributed by atoms with Gasteiger partial charge in [-0.3, -0.25) is 14.5 Å². The second kappa shape index (κ2) is 8.06. The van der Waals surface area contributed by atoms with Crippen molar-refractivity contribution in [3.05, 3.63) is 40.7 Å². The fourth-order valence-corrected chi connectivity index (χ4v) is 2.87. The van der Waals surface area contributed by atoms with Crippen molar-refractivity contribution in [3.63, 3.8) is 0 Å². The first-order valence-electron chi connectivity index (χ1n) is 7.08. The van der Waals surface area contributed by atoms with Crippen LogP contribution in [0.2, 0.25) is 0 Å². The first-order chi connectivity index (χ1) is 11.8. The van der Waals surface area contributed by atoms with Crippen LogP contribution in [0.3, 0.4) is 0 Å².